The van der Waals surface area contributed by atoms with Crippen molar-refractivity contribution in [3.8, 4) is 5.75 Å². The van der Waals surface area contributed by atoms with Crippen LogP contribution in [0.2, 0.25) is 0 Å². The molecule has 17 heavy (non-hydrogen) atoms. The fourth-order valence-electron chi connectivity index (χ4n) is 1.65. The Morgan fingerprint density at radius 1 is 1.35 bits per heavy atom. The molecule has 1 rings (SSSR count). The quantitative estimate of drug-likeness (QED) is 0.664. The average Bonchev–Trinajstić information content (AvgIpc) is 2.31. The molecule has 0 saturated carbocycles. The number of halogens is 2. The second-order valence-corrected chi connectivity index (χ2v) is 6.49. The van der Waals surface area contributed by atoms with E-state index in [0.29, 0.717) is 5.92 Å². The van der Waals surface area contributed by atoms with Crippen LogP contribution in [0.3, 0.4) is 0 Å². The van der Waals surface area contributed by atoms with Gasteiger partial charge in [-0.25, -0.2) is 0 Å². The van der Waals surface area contributed by atoms with E-state index in [-0.39, 0.29) is 5.41 Å². The normalized spacial score (nSPS) is 14.8. The van der Waals surface area contributed by atoms with Crippen molar-refractivity contribution in [2.45, 2.75) is 27.2 Å². The molecule has 0 aliphatic carbocycles. The zero-order chi connectivity index (χ0) is 13.1. The summed E-state index contributed by atoms with van der Waals surface area (Å²) in [7, 11) is 1.71. The lowest BCUT2D eigenvalue weighted by Gasteiger charge is -2.32. The van der Waals surface area contributed by atoms with Crippen molar-refractivity contribution >= 4 is 31.9 Å². The molecule has 96 valence electrons. The topological polar surface area (TPSA) is 9.23 Å². The number of rotatable bonds is 5. The van der Waals surface area contributed by atoms with Crippen molar-refractivity contribution in [1.29, 1.82) is 0 Å². The van der Waals surface area contributed by atoms with Crippen molar-refractivity contribution in [2.24, 2.45) is 11.3 Å². The molecule has 1 aromatic carbocycles. The van der Waals surface area contributed by atoms with Crippen LogP contribution in [0.4, 0.5) is 0 Å². The van der Waals surface area contributed by atoms with E-state index < -0.39 is 0 Å². The highest BCUT2D eigenvalue weighted by molar-refractivity contribution is 9.10. The Balaban J connectivity index is 3.00. The summed E-state index contributed by atoms with van der Waals surface area (Å²) in [4.78, 5) is 0. The summed E-state index contributed by atoms with van der Waals surface area (Å²) in [5.41, 5.74) is 1.56. The summed E-state index contributed by atoms with van der Waals surface area (Å²) in [5, 5.41) is 1.00. The molecule has 0 aliphatic rings. The van der Waals surface area contributed by atoms with Gasteiger partial charge in [0.05, 0.1) is 7.11 Å². The van der Waals surface area contributed by atoms with Gasteiger partial charge in [0.15, 0.2) is 0 Å². The Hall–Kier alpha value is -0.0200. The predicted octanol–water partition coefficient (Wildman–Crippen LogP) is 5.06. The standard InChI is InChI=1S/C14H20Br2O/c1-10(2)14(3,9-15)8-11-7-12(17-4)5-6-13(11)16/h5-7,10H,8-9H2,1-4H3. The molecule has 1 atom stereocenters. The molecule has 0 spiro atoms. The minimum Gasteiger partial charge on any atom is -0.497 e. The van der Waals surface area contributed by atoms with E-state index in [1.807, 2.05) is 6.07 Å². The van der Waals surface area contributed by atoms with Crippen LogP contribution in [0.25, 0.3) is 0 Å². The number of hydrogen-bond donors (Lipinski definition) is 0. The maximum atomic E-state index is 5.29. The molecule has 1 aromatic rings. The Kier molecular flexibility index (Phi) is 5.52. The highest BCUT2D eigenvalue weighted by Crippen LogP contribution is 2.36. The van der Waals surface area contributed by atoms with Gasteiger partial charge in [0.2, 0.25) is 0 Å². The molecule has 0 aliphatic heterocycles. The molecule has 0 radical (unpaired) electrons. The van der Waals surface area contributed by atoms with E-state index in [9.17, 15) is 0 Å². The fraction of sp³-hybridized carbons (Fsp3) is 0.571. The third-order valence-corrected chi connectivity index (χ3v) is 5.60. The van der Waals surface area contributed by atoms with Gasteiger partial charge in [-0.2, -0.15) is 0 Å². The SMILES string of the molecule is COc1ccc(Br)c(CC(C)(CBr)C(C)C)c1. The van der Waals surface area contributed by atoms with E-state index >= 15 is 0 Å². The van der Waals surface area contributed by atoms with Crippen molar-refractivity contribution in [2.75, 3.05) is 12.4 Å². The minimum atomic E-state index is 0.259. The zero-order valence-corrected chi connectivity index (χ0v) is 14.1. The van der Waals surface area contributed by atoms with Gasteiger partial charge in [0.1, 0.15) is 5.75 Å². The smallest absolute Gasteiger partial charge is 0.119 e. The summed E-state index contributed by atoms with van der Waals surface area (Å²) < 4.78 is 6.44. The summed E-state index contributed by atoms with van der Waals surface area (Å²) >= 11 is 7.26. The lowest BCUT2D eigenvalue weighted by Crippen LogP contribution is -2.28. The second kappa shape index (κ2) is 6.24. The van der Waals surface area contributed by atoms with Crippen molar-refractivity contribution in [3.05, 3.63) is 28.2 Å². The van der Waals surface area contributed by atoms with E-state index in [4.69, 9.17) is 4.74 Å². The van der Waals surface area contributed by atoms with Crippen LogP contribution < -0.4 is 4.74 Å². The molecular weight excluding hydrogens is 344 g/mol. The van der Waals surface area contributed by atoms with Crippen LogP contribution >= 0.6 is 31.9 Å². The summed E-state index contributed by atoms with van der Waals surface area (Å²) in [6.07, 6.45) is 1.04. The first-order valence-corrected chi connectivity index (χ1v) is 7.73. The van der Waals surface area contributed by atoms with Crippen molar-refractivity contribution in [1.82, 2.24) is 0 Å². The number of ether oxygens (including phenoxy) is 1. The van der Waals surface area contributed by atoms with E-state index in [2.05, 4.69) is 64.8 Å². The van der Waals surface area contributed by atoms with Crippen LogP contribution in [0.5, 0.6) is 5.75 Å². The van der Waals surface area contributed by atoms with Crippen LogP contribution in [0.1, 0.15) is 26.3 Å². The van der Waals surface area contributed by atoms with Crippen LogP contribution in [0, 0.1) is 11.3 Å². The largest absolute Gasteiger partial charge is 0.497 e. The first-order valence-electron chi connectivity index (χ1n) is 5.81. The highest BCUT2D eigenvalue weighted by Gasteiger charge is 2.28. The summed E-state index contributed by atoms with van der Waals surface area (Å²) in [6.45, 7) is 6.86. The van der Waals surface area contributed by atoms with Crippen LogP contribution in [0.15, 0.2) is 22.7 Å². The van der Waals surface area contributed by atoms with Gasteiger partial charge in [0.25, 0.3) is 0 Å². The fourth-order valence-corrected chi connectivity index (χ4v) is 2.89. The highest BCUT2D eigenvalue weighted by atomic mass is 79.9. The van der Waals surface area contributed by atoms with Crippen LogP contribution in [-0.2, 0) is 6.42 Å². The molecule has 0 amide bonds. The van der Waals surface area contributed by atoms with Crippen LogP contribution in [-0.4, -0.2) is 12.4 Å². The number of hydrogen-bond acceptors (Lipinski definition) is 1. The first kappa shape index (κ1) is 15.0. The van der Waals surface area contributed by atoms with Gasteiger partial charge >= 0.3 is 0 Å². The molecule has 1 nitrogen and oxygen atoms in total. The Morgan fingerprint density at radius 2 is 2.00 bits per heavy atom. The van der Waals surface area contributed by atoms with Gasteiger partial charge in [0, 0.05) is 9.80 Å². The summed E-state index contributed by atoms with van der Waals surface area (Å²) in [5.74, 6) is 1.55. The Bertz CT molecular complexity index is 376. The number of alkyl halides is 1. The molecule has 0 N–H and O–H groups in total. The Morgan fingerprint density at radius 3 is 2.47 bits per heavy atom. The summed E-state index contributed by atoms with van der Waals surface area (Å²) in [6, 6.07) is 6.16. The molecule has 0 aromatic heterocycles. The second-order valence-electron chi connectivity index (χ2n) is 5.08. The van der Waals surface area contributed by atoms with Gasteiger partial charge in [-0.1, -0.05) is 52.6 Å². The third-order valence-electron chi connectivity index (χ3n) is 3.55. The lowest BCUT2D eigenvalue weighted by atomic mass is 9.76. The Labute approximate surface area is 121 Å². The maximum Gasteiger partial charge on any atom is 0.119 e. The molecule has 0 saturated heterocycles. The van der Waals surface area contributed by atoms with E-state index in [0.717, 1.165) is 22.0 Å². The van der Waals surface area contributed by atoms with E-state index in [1.165, 1.54) is 5.56 Å². The average molecular weight is 364 g/mol. The number of benzene rings is 1. The van der Waals surface area contributed by atoms with Gasteiger partial charge in [-0.05, 0) is 41.5 Å². The molecule has 1 unspecified atom stereocenters. The minimum absolute atomic E-state index is 0.259. The monoisotopic (exact) mass is 362 g/mol. The number of methoxy groups -OCH3 is 1. The van der Waals surface area contributed by atoms with Gasteiger partial charge in [-0.15, -0.1) is 0 Å². The van der Waals surface area contributed by atoms with Crippen molar-refractivity contribution in [3.63, 3.8) is 0 Å². The molecule has 0 heterocycles. The molecule has 0 fully saturated rings. The zero-order valence-electron chi connectivity index (χ0n) is 10.9. The van der Waals surface area contributed by atoms with E-state index in [1.54, 1.807) is 7.11 Å². The lowest BCUT2D eigenvalue weighted by molar-refractivity contribution is 0.257. The molecular formula is C14H20Br2O. The third kappa shape index (κ3) is 3.72. The molecule has 3 heteroatoms. The molecule has 0 bridgehead atoms. The maximum absolute atomic E-state index is 5.29. The van der Waals surface area contributed by atoms with Gasteiger partial charge < -0.3 is 4.74 Å². The first-order chi connectivity index (χ1) is 7.92. The van der Waals surface area contributed by atoms with Gasteiger partial charge in [-0.3, -0.25) is 0 Å². The predicted molar refractivity (Wildman–Crippen MR) is 81.1 cm³/mol. The van der Waals surface area contributed by atoms with Crippen molar-refractivity contribution < 1.29 is 4.74 Å².